The number of urea groups is 1. The van der Waals surface area contributed by atoms with Gasteiger partial charge in [-0.3, -0.25) is 0 Å². The monoisotopic (exact) mass is 427 g/mol. The zero-order chi connectivity index (χ0) is 20.9. The molecule has 2 heterocycles. The second-order valence-corrected chi connectivity index (χ2v) is 7.95. The fourth-order valence-corrected chi connectivity index (χ4v) is 4.28. The van der Waals surface area contributed by atoms with Crippen molar-refractivity contribution in [2.75, 3.05) is 19.0 Å². The summed E-state index contributed by atoms with van der Waals surface area (Å²) < 4.78 is 7.56. The van der Waals surface area contributed by atoms with Crippen molar-refractivity contribution in [2.45, 2.75) is 44.6 Å². The van der Waals surface area contributed by atoms with Gasteiger partial charge in [0.05, 0.1) is 12.8 Å². The van der Waals surface area contributed by atoms with Gasteiger partial charge < -0.3 is 19.9 Å². The minimum absolute atomic E-state index is 0.311. The number of benzene rings is 1. The Labute approximate surface area is 180 Å². The van der Waals surface area contributed by atoms with E-state index in [1.54, 1.807) is 25.3 Å². The van der Waals surface area contributed by atoms with Crippen LogP contribution in [0, 0.1) is 0 Å². The van der Waals surface area contributed by atoms with Gasteiger partial charge in [-0.25, -0.2) is 14.8 Å². The number of carbonyl (C=O) groups excluding carboxylic acids is 1. The molecule has 1 aliphatic rings. The van der Waals surface area contributed by atoms with E-state index in [-0.39, 0.29) is 6.03 Å². The smallest absolute Gasteiger partial charge is 0.319 e. The molecule has 0 radical (unpaired) electrons. The van der Waals surface area contributed by atoms with Gasteiger partial charge in [0.25, 0.3) is 0 Å². The van der Waals surface area contributed by atoms with E-state index >= 15 is 0 Å². The van der Waals surface area contributed by atoms with Gasteiger partial charge in [-0.15, -0.1) is 0 Å². The van der Waals surface area contributed by atoms with Crippen LogP contribution in [0.1, 0.15) is 44.0 Å². The minimum atomic E-state index is -0.311. The Morgan fingerprint density at radius 3 is 2.90 bits per heavy atom. The SMILES string of the molecule is COc1ccc(Cl)cc1NC(=O)NCCc1nc2cccnc2n1C1CCCCC1. The highest BCUT2D eigenvalue weighted by Gasteiger charge is 2.22. The number of nitrogens with zero attached hydrogens (tertiary/aromatic N) is 3. The molecule has 2 amide bonds. The molecule has 1 fully saturated rings. The molecule has 1 aliphatic carbocycles. The second-order valence-electron chi connectivity index (χ2n) is 7.51. The van der Waals surface area contributed by atoms with Crippen molar-refractivity contribution in [3.8, 4) is 5.75 Å². The number of fused-ring (bicyclic) bond motifs is 1. The quantitative estimate of drug-likeness (QED) is 0.582. The summed E-state index contributed by atoms with van der Waals surface area (Å²) in [5.41, 5.74) is 2.37. The molecule has 2 N–H and O–H groups in total. The molecule has 4 rings (SSSR count). The molecule has 1 aromatic carbocycles. The zero-order valence-electron chi connectivity index (χ0n) is 17.0. The molecule has 0 unspecified atom stereocenters. The van der Waals surface area contributed by atoms with E-state index in [2.05, 4.69) is 20.2 Å². The molecule has 0 saturated heterocycles. The molecule has 8 heteroatoms. The summed E-state index contributed by atoms with van der Waals surface area (Å²) in [4.78, 5) is 21.8. The van der Waals surface area contributed by atoms with Crippen molar-refractivity contribution in [3.63, 3.8) is 0 Å². The van der Waals surface area contributed by atoms with E-state index in [9.17, 15) is 4.79 Å². The van der Waals surface area contributed by atoms with Gasteiger partial charge in [0.1, 0.15) is 17.1 Å². The summed E-state index contributed by atoms with van der Waals surface area (Å²) in [6.07, 6.45) is 8.51. The van der Waals surface area contributed by atoms with Gasteiger partial charge in [-0.05, 0) is 43.2 Å². The number of pyridine rings is 1. The van der Waals surface area contributed by atoms with Crippen molar-refractivity contribution in [2.24, 2.45) is 0 Å². The minimum Gasteiger partial charge on any atom is -0.495 e. The Morgan fingerprint density at radius 2 is 2.10 bits per heavy atom. The van der Waals surface area contributed by atoms with E-state index in [0.717, 1.165) is 29.8 Å². The van der Waals surface area contributed by atoms with Gasteiger partial charge in [0, 0.05) is 30.2 Å². The largest absolute Gasteiger partial charge is 0.495 e. The van der Waals surface area contributed by atoms with Crippen LogP contribution in [0.5, 0.6) is 5.75 Å². The number of imidazole rings is 1. The fraction of sp³-hybridized carbons (Fsp3) is 0.409. The molecule has 1 saturated carbocycles. The number of anilines is 1. The molecule has 30 heavy (non-hydrogen) atoms. The van der Waals surface area contributed by atoms with Gasteiger partial charge in [0.2, 0.25) is 0 Å². The van der Waals surface area contributed by atoms with Crippen molar-refractivity contribution in [1.82, 2.24) is 19.9 Å². The first-order valence-corrected chi connectivity index (χ1v) is 10.7. The number of hydrogen-bond acceptors (Lipinski definition) is 4. The standard InChI is InChI=1S/C22H26ClN5O2/c1-30-19-10-9-15(23)14-18(19)27-22(29)25-13-11-20-26-17-8-5-12-24-21(17)28(20)16-6-3-2-4-7-16/h5,8-10,12,14,16H,2-4,6-7,11,13H2,1H3,(H2,25,27,29). The zero-order valence-corrected chi connectivity index (χ0v) is 17.8. The number of hydrogen-bond donors (Lipinski definition) is 2. The third-order valence-electron chi connectivity index (χ3n) is 5.51. The molecule has 0 atom stereocenters. The van der Waals surface area contributed by atoms with Crippen LogP contribution < -0.4 is 15.4 Å². The second kappa shape index (κ2) is 9.34. The van der Waals surface area contributed by atoms with Crippen LogP contribution in [0.15, 0.2) is 36.5 Å². The molecule has 2 aromatic heterocycles. The first-order chi connectivity index (χ1) is 14.7. The van der Waals surface area contributed by atoms with E-state index in [0.29, 0.717) is 35.5 Å². The molecule has 3 aromatic rings. The predicted molar refractivity (Wildman–Crippen MR) is 118 cm³/mol. The van der Waals surface area contributed by atoms with E-state index in [1.807, 2.05) is 18.3 Å². The highest BCUT2D eigenvalue weighted by Crippen LogP contribution is 2.32. The lowest BCUT2D eigenvalue weighted by Crippen LogP contribution is -2.31. The third-order valence-corrected chi connectivity index (χ3v) is 5.74. The van der Waals surface area contributed by atoms with Crippen molar-refractivity contribution in [1.29, 1.82) is 0 Å². The average molecular weight is 428 g/mol. The van der Waals surface area contributed by atoms with Crippen LogP contribution in [-0.2, 0) is 6.42 Å². The van der Waals surface area contributed by atoms with Crippen LogP contribution in [0.2, 0.25) is 5.02 Å². The Morgan fingerprint density at radius 1 is 1.27 bits per heavy atom. The average Bonchev–Trinajstić information content (AvgIpc) is 3.13. The summed E-state index contributed by atoms with van der Waals surface area (Å²) in [6, 6.07) is 9.12. The topological polar surface area (TPSA) is 81.1 Å². The van der Waals surface area contributed by atoms with E-state index in [1.165, 1.54) is 19.3 Å². The normalized spacial score (nSPS) is 14.6. The van der Waals surface area contributed by atoms with Gasteiger partial charge in [-0.1, -0.05) is 30.9 Å². The van der Waals surface area contributed by atoms with Gasteiger partial charge >= 0.3 is 6.03 Å². The summed E-state index contributed by atoms with van der Waals surface area (Å²) >= 11 is 6.03. The highest BCUT2D eigenvalue weighted by molar-refractivity contribution is 6.31. The first kappa shape index (κ1) is 20.5. The molecule has 7 nitrogen and oxygen atoms in total. The molecule has 0 spiro atoms. The summed E-state index contributed by atoms with van der Waals surface area (Å²) in [7, 11) is 1.55. The van der Waals surface area contributed by atoms with E-state index in [4.69, 9.17) is 21.3 Å². The number of methoxy groups -OCH3 is 1. The number of rotatable bonds is 6. The summed E-state index contributed by atoms with van der Waals surface area (Å²) in [5.74, 6) is 1.52. The maximum Gasteiger partial charge on any atom is 0.319 e. The molecule has 0 aliphatic heterocycles. The molecular weight excluding hydrogens is 402 g/mol. The van der Waals surface area contributed by atoms with Crippen LogP contribution in [0.4, 0.5) is 10.5 Å². The third kappa shape index (κ3) is 4.51. The number of ether oxygens (including phenoxy) is 1. The summed E-state index contributed by atoms with van der Waals surface area (Å²) in [5, 5.41) is 6.22. The lowest BCUT2D eigenvalue weighted by molar-refractivity contribution is 0.252. The molecular formula is C22H26ClN5O2. The Bertz CT molecular complexity index is 1030. The fourth-order valence-electron chi connectivity index (χ4n) is 4.11. The van der Waals surface area contributed by atoms with E-state index < -0.39 is 0 Å². The van der Waals surface area contributed by atoms with Gasteiger partial charge in [-0.2, -0.15) is 0 Å². The number of halogens is 1. The van der Waals surface area contributed by atoms with Crippen LogP contribution >= 0.6 is 11.6 Å². The Kier molecular flexibility index (Phi) is 6.38. The van der Waals surface area contributed by atoms with Crippen LogP contribution in [-0.4, -0.2) is 34.2 Å². The van der Waals surface area contributed by atoms with Crippen LogP contribution in [0.3, 0.4) is 0 Å². The van der Waals surface area contributed by atoms with Crippen molar-refractivity contribution < 1.29 is 9.53 Å². The Balaban J connectivity index is 1.44. The summed E-state index contributed by atoms with van der Waals surface area (Å²) in [6.45, 7) is 0.463. The molecule has 158 valence electrons. The first-order valence-electron chi connectivity index (χ1n) is 10.4. The Hall–Kier alpha value is -2.80. The maximum atomic E-state index is 12.4. The lowest BCUT2D eigenvalue weighted by atomic mass is 9.95. The number of amides is 2. The highest BCUT2D eigenvalue weighted by atomic mass is 35.5. The number of nitrogens with one attached hydrogen (secondary N) is 2. The van der Waals surface area contributed by atoms with Gasteiger partial charge in [0.15, 0.2) is 5.65 Å². The number of carbonyl (C=O) groups is 1. The molecule has 0 bridgehead atoms. The van der Waals surface area contributed by atoms with Crippen LogP contribution in [0.25, 0.3) is 11.2 Å². The number of aromatic nitrogens is 3. The predicted octanol–water partition coefficient (Wildman–Crippen LogP) is 4.96. The van der Waals surface area contributed by atoms with Crippen molar-refractivity contribution >= 4 is 34.5 Å². The van der Waals surface area contributed by atoms with Crippen molar-refractivity contribution in [3.05, 3.63) is 47.4 Å². The lowest BCUT2D eigenvalue weighted by Gasteiger charge is -2.25. The maximum absolute atomic E-state index is 12.4.